The zero-order valence-electron chi connectivity index (χ0n) is 46.6. The van der Waals surface area contributed by atoms with Crippen LogP contribution in [0.25, 0.3) is 163 Å². The first kappa shape index (κ1) is 48.5. The van der Waals surface area contributed by atoms with Crippen molar-refractivity contribution in [2.24, 2.45) is 0 Å². The standard InChI is InChI=1S/C43H28.C40H28/c1-27-32-14-5-4-13-30(32)26-41-33(27)23-24-35-34(41)19-10-20-36(35)43-39-17-8-6-15-37(39)42(38-16-7-9-18-40(38)43)31-22-21-28-11-2-3-12-29(28)25-31;1-25-19-20-26(2)37-24-38-28(23-36(25)37)21-22-30-29(38)17-10-18-31(30)40-34-15-8-6-13-32(34)39(27-11-4-3-5-12-27)33-14-7-9-16-35(33)40/h2-26H,1H3;3-24H,1-2H3. The number of hydrogen-bond acceptors (Lipinski definition) is 0. The van der Waals surface area contributed by atoms with E-state index in [2.05, 4.69) is 306 Å². The van der Waals surface area contributed by atoms with Gasteiger partial charge < -0.3 is 0 Å². The zero-order valence-corrected chi connectivity index (χ0v) is 46.6. The summed E-state index contributed by atoms with van der Waals surface area (Å²) in [4.78, 5) is 0. The highest BCUT2D eigenvalue weighted by atomic mass is 14.2. The van der Waals surface area contributed by atoms with Crippen molar-refractivity contribution in [2.75, 3.05) is 0 Å². The zero-order chi connectivity index (χ0) is 55.3. The Hall–Kier alpha value is -10.4. The Bertz CT molecular complexity index is 5410. The highest BCUT2D eigenvalue weighted by molar-refractivity contribution is 6.27. The molecule has 17 rings (SSSR count). The predicted molar refractivity (Wildman–Crippen MR) is 361 cm³/mol. The van der Waals surface area contributed by atoms with Gasteiger partial charge in [-0.05, 0) is 225 Å². The van der Waals surface area contributed by atoms with Crippen molar-refractivity contribution >= 4 is 118 Å². The molecule has 0 spiro atoms. The van der Waals surface area contributed by atoms with Crippen molar-refractivity contribution in [3.05, 3.63) is 302 Å². The van der Waals surface area contributed by atoms with Crippen LogP contribution >= 0.6 is 0 Å². The second-order valence-corrected chi connectivity index (χ2v) is 22.7. The summed E-state index contributed by atoms with van der Waals surface area (Å²) in [6.45, 7) is 6.69. The van der Waals surface area contributed by atoms with Crippen LogP contribution in [0.5, 0.6) is 0 Å². The molecule has 0 atom stereocenters. The minimum absolute atomic E-state index is 1.25. The van der Waals surface area contributed by atoms with Crippen LogP contribution in [0.4, 0.5) is 0 Å². The van der Waals surface area contributed by atoms with Gasteiger partial charge in [0.15, 0.2) is 0 Å². The molecule has 0 nitrogen and oxygen atoms in total. The van der Waals surface area contributed by atoms with Crippen LogP contribution in [-0.4, -0.2) is 0 Å². The topological polar surface area (TPSA) is 0 Å². The van der Waals surface area contributed by atoms with Gasteiger partial charge in [-0.1, -0.05) is 261 Å². The van der Waals surface area contributed by atoms with Crippen molar-refractivity contribution in [3.8, 4) is 44.5 Å². The van der Waals surface area contributed by atoms with Gasteiger partial charge in [0, 0.05) is 0 Å². The molecule has 17 aromatic rings. The van der Waals surface area contributed by atoms with Gasteiger partial charge in [-0.25, -0.2) is 0 Å². The molecular weight excluding hydrogens is 997 g/mol. The third-order valence-electron chi connectivity index (χ3n) is 18.1. The first-order valence-corrected chi connectivity index (χ1v) is 29.1. The molecule has 388 valence electrons. The summed E-state index contributed by atoms with van der Waals surface area (Å²) in [5, 5.41) is 28.6. The molecule has 0 N–H and O–H groups in total. The molecule has 0 radical (unpaired) electrons. The lowest BCUT2D eigenvalue weighted by atomic mass is 9.84. The summed E-state index contributed by atoms with van der Waals surface area (Å²) < 4.78 is 0. The average Bonchev–Trinajstić information content (AvgIpc) is 2.85. The lowest BCUT2D eigenvalue weighted by molar-refractivity contribution is 1.47. The lowest BCUT2D eigenvalue weighted by Gasteiger charge is -2.19. The van der Waals surface area contributed by atoms with E-state index in [9.17, 15) is 0 Å². The molecule has 0 heteroatoms. The minimum Gasteiger partial charge on any atom is -0.0622 e. The van der Waals surface area contributed by atoms with E-state index in [4.69, 9.17) is 0 Å². The normalized spacial score (nSPS) is 11.8. The second-order valence-electron chi connectivity index (χ2n) is 22.7. The lowest BCUT2D eigenvalue weighted by Crippen LogP contribution is -1.92. The van der Waals surface area contributed by atoms with Crippen molar-refractivity contribution in [3.63, 3.8) is 0 Å². The van der Waals surface area contributed by atoms with Crippen LogP contribution in [0.1, 0.15) is 16.7 Å². The van der Waals surface area contributed by atoms with E-state index in [1.54, 1.807) is 0 Å². The summed E-state index contributed by atoms with van der Waals surface area (Å²) in [5.74, 6) is 0. The van der Waals surface area contributed by atoms with Gasteiger partial charge in [0.1, 0.15) is 0 Å². The first-order chi connectivity index (χ1) is 40.9. The fraction of sp³-hybridized carbons (Fsp3) is 0.0361. The van der Waals surface area contributed by atoms with Gasteiger partial charge in [0.05, 0.1) is 0 Å². The molecule has 83 heavy (non-hydrogen) atoms. The Morgan fingerprint density at radius 1 is 0.169 bits per heavy atom. The van der Waals surface area contributed by atoms with Crippen LogP contribution in [0.15, 0.2) is 285 Å². The molecule has 0 aromatic heterocycles. The van der Waals surface area contributed by atoms with Crippen LogP contribution < -0.4 is 0 Å². The van der Waals surface area contributed by atoms with E-state index in [1.807, 2.05) is 0 Å². The number of benzene rings is 17. The molecule has 0 aliphatic rings. The van der Waals surface area contributed by atoms with Crippen molar-refractivity contribution in [2.45, 2.75) is 20.8 Å². The SMILES string of the molecule is Cc1c2ccccc2cc2c1ccc1c(-c3c4ccccc4c(-c4ccc5ccccc5c4)c4ccccc34)cccc12.Cc1ccc(C)c2cc3c(ccc4c(-c5c6ccccc6c(-c6ccccc6)c6ccccc56)cccc43)cc12. The van der Waals surface area contributed by atoms with Crippen LogP contribution in [0.2, 0.25) is 0 Å². The van der Waals surface area contributed by atoms with E-state index in [0.717, 1.165) is 0 Å². The Morgan fingerprint density at radius 2 is 0.554 bits per heavy atom. The molecule has 0 saturated carbocycles. The number of hydrogen-bond donors (Lipinski definition) is 0. The van der Waals surface area contributed by atoms with E-state index in [1.165, 1.54) is 180 Å². The molecular formula is C83H56. The van der Waals surface area contributed by atoms with Crippen molar-refractivity contribution in [1.82, 2.24) is 0 Å². The number of fused-ring (bicyclic) bond motifs is 13. The average molecular weight is 1050 g/mol. The molecule has 0 saturated heterocycles. The molecule has 0 amide bonds. The fourth-order valence-corrected chi connectivity index (χ4v) is 14.2. The van der Waals surface area contributed by atoms with Crippen LogP contribution in [0, 0.1) is 20.8 Å². The third-order valence-corrected chi connectivity index (χ3v) is 18.1. The molecule has 0 heterocycles. The van der Waals surface area contributed by atoms with Gasteiger partial charge in [0.25, 0.3) is 0 Å². The van der Waals surface area contributed by atoms with E-state index in [-0.39, 0.29) is 0 Å². The summed E-state index contributed by atoms with van der Waals surface area (Å²) in [5.41, 5.74) is 14.3. The smallest absolute Gasteiger partial charge is 0.00201 e. The fourth-order valence-electron chi connectivity index (χ4n) is 14.2. The van der Waals surface area contributed by atoms with Crippen LogP contribution in [-0.2, 0) is 0 Å². The first-order valence-electron chi connectivity index (χ1n) is 29.1. The summed E-state index contributed by atoms with van der Waals surface area (Å²) in [6, 6.07) is 105. The van der Waals surface area contributed by atoms with Gasteiger partial charge in [-0.2, -0.15) is 0 Å². The van der Waals surface area contributed by atoms with Gasteiger partial charge in [-0.15, -0.1) is 0 Å². The highest BCUT2D eigenvalue weighted by Gasteiger charge is 2.21. The maximum Gasteiger partial charge on any atom is -0.00201 e. The van der Waals surface area contributed by atoms with Crippen molar-refractivity contribution in [1.29, 1.82) is 0 Å². The Labute approximate surface area is 482 Å². The molecule has 17 aromatic carbocycles. The molecule has 0 aliphatic carbocycles. The minimum atomic E-state index is 1.25. The van der Waals surface area contributed by atoms with Gasteiger partial charge in [-0.3, -0.25) is 0 Å². The number of aryl methyl sites for hydroxylation is 3. The van der Waals surface area contributed by atoms with Crippen molar-refractivity contribution < 1.29 is 0 Å². The van der Waals surface area contributed by atoms with Gasteiger partial charge >= 0.3 is 0 Å². The predicted octanol–water partition coefficient (Wildman–Crippen LogP) is 23.7. The summed E-state index contributed by atoms with van der Waals surface area (Å²) in [6.07, 6.45) is 0. The van der Waals surface area contributed by atoms with E-state index < -0.39 is 0 Å². The summed E-state index contributed by atoms with van der Waals surface area (Å²) >= 11 is 0. The Kier molecular flexibility index (Phi) is 11.3. The highest BCUT2D eigenvalue weighted by Crippen LogP contribution is 2.49. The maximum atomic E-state index is 2.41. The van der Waals surface area contributed by atoms with E-state index >= 15 is 0 Å². The Morgan fingerprint density at radius 3 is 1.12 bits per heavy atom. The van der Waals surface area contributed by atoms with E-state index in [0.29, 0.717) is 0 Å². The molecule has 0 bridgehead atoms. The third kappa shape index (κ3) is 7.75. The number of rotatable bonds is 4. The van der Waals surface area contributed by atoms with Crippen LogP contribution in [0.3, 0.4) is 0 Å². The monoisotopic (exact) mass is 1050 g/mol. The largest absolute Gasteiger partial charge is 0.0622 e. The maximum absolute atomic E-state index is 2.41. The molecule has 0 unspecified atom stereocenters. The second kappa shape index (κ2) is 19.4. The molecule has 0 fully saturated rings. The quantitative estimate of drug-likeness (QED) is 0.122. The summed E-state index contributed by atoms with van der Waals surface area (Å²) in [7, 11) is 0. The van der Waals surface area contributed by atoms with Gasteiger partial charge in [0.2, 0.25) is 0 Å². The Balaban J connectivity index is 0.000000137. The molecule has 0 aliphatic heterocycles.